The molecule has 3 aromatic rings. The molecule has 1 aromatic heterocycles. The quantitative estimate of drug-likeness (QED) is 0.744. The lowest BCUT2D eigenvalue weighted by molar-refractivity contribution is 0.122. The number of fused-ring (bicyclic) bond motifs is 1. The van der Waals surface area contributed by atoms with Gasteiger partial charge in [-0.2, -0.15) is 0 Å². The van der Waals surface area contributed by atoms with Crippen molar-refractivity contribution in [1.82, 2.24) is 9.97 Å². The maximum Gasteiger partial charge on any atom is 0.229 e. The average Bonchev–Trinajstić information content (AvgIpc) is 2.67. The van der Waals surface area contributed by atoms with Crippen LogP contribution >= 0.6 is 0 Å². The molecule has 0 spiro atoms. The van der Waals surface area contributed by atoms with Crippen molar-refractivity contribution < 1.29 is 13.2 Å². The monoisotopic (exact) mass is 384 g/mol. The van der Waals surface area contributed by atoms with Crippen molar-refractivity contribution in [2.75, 3.05) is 42.2 Å². The summed E-state index contributed by atoms with van der Waals surface area (Å²) in [6.45, 7) is 3.00. The lowest BCUT2D eigenvalue weighted by atomic mass is 10.0. The number of sulfonamides is 1. The first-order valence-corrected chi connectivity index (χ1v) is 10.5. The minimum atomic E-state index is -3.32. The van der Waals surface area contributed by atoms with E-state index in [1.165, 1.54) is 0 Å². The van der Waals surface area contributed by atoms with E-state index < -0.39 is 10.0 Å². The van der Waals surface area contributed by atoms with Crippen LogP contribution in [0.15, 0.2) is 48.7 Å². The number of hydrogen-bond acceptors (Lipinski definition) is 6. The average molecular weight is 384 g/mol. The van der Waals surface area contributed by atoms with Gasteiger partial charge in [-0.1, -0.05) is 18.2 Å². The Balaban J connectivity index is 1.69. The predicted octanol–water partition coefficient (Wildman–Crippen LogP) is 2.50. The Morgan fingerprint density at radius 2 is 1.81 bits per heavy atom. The Morgan fingerprint density at radius 3 is 2.59 bits per heavy atom. The number of nitrogens with one attached hydrogen (secondary N) is 1. The fourth-order valence-electron chi connectivity index (χ4n) is 3.10. The van der Waals surface area contributed by atoms with Gasteiger partial charge in [0.05, 0.1) is 36.7 Å². The van der Waals surface area contributed by atoms with Gasteiger partial charge < -0.3 is 9.64 Å². The van der Waals surface area contributed by atoms with Crippen molar-refractivity contribution >= 4 is 32.6 Å². The van der Waals surface area contributed by atoms with Crippen molar-refractivity contribution in [3.05, 3.63) is 48.7 Å². The third kappa shape index (κ3) is 4.17. The minimum absolute atomic E-state index is 0.531. The van der Waals surface area contributed by atoms with Crippen LogP contribution in [0.25, 0.3) is 22.2 Å². The van der Waals surface area contributed by atoms with Crippen LogP contribution in [0.2, 0.25) is 0 Å². The van der Waals surface area contributed by atoms with Gasteiger partial charge in [0.25, 0.3) is 0 Å². The van der Waals surface area contributed by atoms with Gasteiger partial charge >= 0.3 is 0 Å². The molecule has 0 radical (unpaired) electrons. The van der Waals surface area contributed by atoms with Gasteiger partial charge in [-0.15, -0.1) is 0 Å². The molecule has 140 valence electrons. The Kier molecular flexibility index (Phi) is 4.67. The molecular formula is C19H20N4O3S. The predicted molar refractivity (Wildman–Crippen MR) is 106 cm³/mol. The van der Waals surface area contributed by atoms with E-state index in [-0.39, 0.29) is 0 Å². The summed E-state index contributed by atoms with van der Waals surface area (Å²) < 4.78 is 30.8. The van der Waals surface area contributed by atoms with Gasteiger partial charge in [-0.05, 0) is 35.4 Å². The van der Waals surface area contributed by atoms with Crippen LogP contribution in [0.3, 0.4) is 0 Å². The summed E-state index contributed by atoms with van der Waals surface area (Å²) in [6.07, 6.45) is 2.93. The number of anilines is 2. The fraction of sp³-hybridized carbons (Fsp3) is 0.263. The molecular weight excluding hydrogens is 364 g/mol. The lowest BCUT2D eigenvalue weighted by Crippen LogP contribution is -2.36. The topological polar surface area (TPSA) is 84.4 Å². The smallest absolute Gasteiger partial charge is 0.229 e. The maximum atomic E-state index is 11.5. The number of aromatic nitrogens is 2. The zero-order valence-corrected chi connectivity index (χ0v) is 15.7. The second kappa shape index (κ2) is 7.13. The highest BCUT2D eigenvalue weighted by atomic mass is 32.2. The standard InChI is InChI=1S/C19H20N4O3S/c1-27(24,25)22-16-4-2-3-14(11-16)15-5-6-17-18(12-15)21-19(13-20-17)23-7-9-26-10-8-23/h2-6,11-13,22H,7-10H2,1H3. The first-order chi connectivity index (χ1) is 13.0. The number of benzene rings is 2. The van der Waals surface area contributed by atoms with Crippen LogP contribution in [0.1, 0.15) is 0 Å². The van der Waals surface area contributed by atoms with E-state index in [4.69, 9.17) is 9.72 Å². The van der Waals surface area contributed by atoms with Crippen LogP contribution in [0.4, 0.5) is 11.5 Å². The van der Waals surface area contributed by atoms with E-state index >= 15 is 0 Å². The minimum Gasteiger partial charge on any atom is -0.378 e. The summed E-state index contributed by atoms with van der Waals surface area (Å²) >= 11 is 0. The largest absolute Gasteiger partial charge is 0.378 e. The molecule has 0 atom stereocenters. The number of hydrogen-bond donors (Lipinski definition) is 1. The van der Waals surface area contributed by atoms with Gasteiger partial charge in [0.15, 0.2) is 0 Å². The molecule has 8 heteroatoms. The van der Waals surface area contributed by atoms with Crippen LogP contribution in [-0.4, -0.2) is 50.9 Å². The molecule has 27 heavy (non-hydrogen) atoms. The first kappa shape index (κ1) is 17.7. The van der Waals surface area contributed by atoms with Crippen LogP contribution in [0.5, 0.6) is 0 Å². The maximum absolute atomic E-state index is 11.5. The third-order valence-electron chi connectivity index (χ3n) is 4.36. The second-order valence-electron chi connectivity index (χ2n) is 6.49. The lowest BCUT2D eigenvalue weighted by Gasteiger charge is -2.27. The highest BCUT2D eigenvalue weighted by Gasteiger charge is 2.13. The summed E-state index contributed by atoms with van der Waals surface area (Å²) in [7, 11) is -3.32. The number of ether oxygens (including phenoxy) is 1. The van der Waals surface area contributed by atoms with E-state index in [1.807, 2.05) is 36.4 Å². The van der Waals surface area contributed by atoms with Gasteiger partial charge in [0, 0.05) is 18.8 Å². The number of nitrogens with zero attached hydrogens (tertiary/aromatic N) is 3. The van der Waals surface area contributed by atoms with Crippen molar-refractivity contribution in [2.24, 2.45) is 0 Å². The van der Waals surface area contributed by atoms with E-state index in [1.54, 1.807) is 12.3 Å². The van der Waals surface area contributed by atoms with E-state index in [0.717, 1.165) is 47.3 Å². The SMILES string of the molecule is CS(=O)(=O)Nc1cccc(-c2ccc3ncc(N4CCOCC4)nc3c2)c1. The molecule has 2 heterocycles. The van der Waals surface area contributed by atoms with Gasteiger partial charge in [-0.25, -0.2) is 13.4 Å². The number of morpholine rings is 1. The molecule has 1 aliphatic rings. The summed E-state index contributed by atoms with van der Waals surface area (Å²) in [5.41, 5.74) is 4.01. The summed E-state index contributed by atoms with van der Waals surface area (Å²) in [5.74, 6) is 0.843. The molecule has 1 saturated heterocycles. The van der Waals surface area contributed by atoms with Crippen LogP contribution < -0.4 is 9.62 Å². The van der Waals surface area contributed by atoms with E-state index in [9.17, 15) is 8.42 Å². The van der Waals surface area contributed by atoms with Gasteiger partial charge in [0.2, 0.25) is 10.0 Å². The van der Waals surface area contributed by atoms with Gasteiger partial charge in [0.1, 0.15) is 5.82 Å². The van der Waals surface area contributed by atoms with Crippen molar-refractivity contribution in [3.8, 4) is 11.1 Å². The molecule has 7 nitrogen and oxygen atoms in total. The van der Waals surface area contributed by atoms with Crippen molar-refractivity contribution in [1.29, 1.82) is 0 Å². The van der Waals surface area contributed by atoms with Crippen LogP contribution in [-0.2, 0) is 14.8 Å². The molecule has 1 fully saturated rings. The second-order valence-corrected chi connectivity index (χ2v) is 8.23. The third-order valence-corrected chi connectivity index (χ3v) is 4.97. The van der Waals surface area contributed by atoms with Gasteiger partial charge in [-0.3, -0.25) is 9.71 Å². The fourth-order valence-corrected chi connectivity index (χ4v) is 3.66. The first-order valence-electron chi connectivity index (χ1n) is 8.66. The normalized spacial score (nSPS) is 15.1. The number of rotatable bonds is 4. The molecule has 0 bridgehead atoms. The summed E-state index contributed by atoms with van der Waals surface area (Å²) in [6, 6.07) is 13.2. The van der Waals surface area contributed by atoms with Crippen molar-refractivity contribution in [3.63, 3.8) is 0 Å². The van der Waals surface area contributed by atoms with Crippen LogP contribution in [0, 0.1) is 0 Å². The Bertz CT molecular complexity index is 1080. The highest BCUT2D eigenvalue weighted by molar-refractivity contribution is 7.92. The molecule has 0 aliphatic carbocycles. The molecule has 0 unspecified atom stereocenters. The zero-order valence-electron chi connectivity index (χ0n) is 14.9. The summed E-state index contributed by atoms with van der Waals surface area (Å²) in [5, 5.41) is 0. The highest BCUT2D eigenvalue weighted by Crippen LogP contribution is 2.26. The molecule has 0 amide bonds. The molecule has 2 aromatic carbocycles. The summed E-state index contributed by atoms with van der Waals surface area (Å²) in [4.78, 5) is 11.4. The Labute approximate surface area is 158 Å². The van der Waals surface area contributed by atoms with Crippen molar-refractivity contribution in [2.45, 2.75) is 0 Å². The molecule has 4 rings (SSSR count). The van der Waals surface area contributed by atoms with E-state index in [2.05, 4.69) is 14.6 Å². The molecule has 1 aliphatic heterocycles. The Hall–Kier alpha value is -2.71. The Morgan fingerprint density at radius 1 is 1.04 bits per heavy atom. The van der Waals surface area contributed by atoms with E-state index in [0.29, 0.717) is 18.9 Å². The molecule has 1 N–H and O–H groups in total. The zero-order chi connectivity index (χ0) is 18.9. The molecule has 0 saturated carbocycles.